The van der Waals surface area contributed by atoms with Crippen molar-refractivity contribution in [1.82, 2.24) is 25.3 Å². The summed E-state index contributed by atoms with van der Waals surface area (Å²) < 4.78 is 0. The number of nitrogens with zero attached hydrogens (tertiary/aromatic N) is 4. The van der Waals surface area contributed by atoms with Crippen molar-refractivity contribution in [3.63, 3.8) is 0 Å². The van der Waals surface area contributed by atoms with Crippen LogP contribution in [0.4, 0.5) is 5.13 Å². The number of aromatic nitrogens is 4. The number of hydrogen-bond acceptors (Lipinski definition) is 7. The number of fused-ring (bicyclic) bond motifs is 3. The second kappa shape index (κ2) is 9.52. The van der Waals surface area contributed by atoms with E-state index in [1.165, 1.54) is 11.3 Å². The summed E-state index contributed by atoms with van der Waals surface area (Å²) in [7, 11) is 0. The molecule has 11 heteroatoms. The van der Waals surface area contributed by atoms with Gasteiger partial charge in [0, 0.05) is 36.8 Å². The average Bonchev–Trinajstić information content (AvgIpc) is 3.65. The van der Waals surface area contributed by atoms with Crippen LogP contribution < -0.4 is 10.2 Å². The molecule has 8 nitrogen and oxygen atoms in total. The molecule has 2 bridgehead atoms. The third-order valence-electron chi connectivity index (χ3n) is 8.02. The largest absolute Gasteiger partial charge is 0.391 e. The lowest BCUT2D eigenvalue weighted by molar-refractivity contribution is -0.128. The van der Waals surface area contributed by atoms with Crippen LogP contribution in [0.2, 0.25) is 10.2 Å². The predicted molar refractivity (Wildman–Crippen MR) is 147 cm³/mol. The third-order valence-corrected chi connectivity index (χ3v) is 9.83. The molecule has 4 heterocycles. The lowest BCUT2D eigenvalue weighted by Gasteiger charge is -2.33. The number of β-amino-alcohol motifs (C(OH)–C–C–N with tert-alkyl or cyclic N) is 1. The maximum atomic E-state index is 13.2. The summed E-state index contributed by atoms with van der Waals surface area (Å²) in [5, 5.41) is 14.8. The van der Waals surface area contributed by atoms with Crippen molar-refractivity contribution < 1.29 is 9.90 Å². The smallest absolute Gasteiger partial charge is 0.224 e. The molecular weight excluding hydrogens is 531 g/mol. The molecule has 3 N–H and O–H groups in total. The van der Waals surface area contributed by atoms with Gasteiger partial charge in [0.05, 0.1) is 16.6 Å². The van der Waals surface area contributed by atoms with E-state index in [-0.39, 0.29) is 41.7 Å². The van der Waals surface area contributed by atoms with Crippen LogP contribution >= 0.6 is 34.5 Å². The highest BCUT2D eigenvalue weighted by molar-refractivity contribution is 7.19. The quantitative estimate of drug-likeness (QED) is 0.365. The first kappa shape index (κ1) is 25.1. The topological polar surface area (TPSA) is 107 Å². The number of aliphatic hydroxyl groups excluding tert-OH is 1. The summed E-state index contributed by atoms with van der Waals surface area (Å²) in [5.41, 5.74) is 2.26. The third kappa shape index (κ3) is 4.33. The Morgan fingerprint density at radius 3 is 2.76 bits per heavy atom. The van der Waals surface area contributed by atoms with Crippen LogP contribution in [0.1, 0.15) is 45.1 Å². The Morgan fingerprint density at radius 1 is 1.24 bits per heavy atom. The SMILES string of the molecule is CC(C)NC(=O)C1C2C=CC(C2)C1C(C)c1c(Cl)cnc2nc(-c3sc(N4CCC(O)C4)nc3Cl)[nH]c12. The highest BCUT2D eigenvalue weighted by atomic mass is 35.5. The fourth-order valence-corrected chi connectivity index (χ4v) is 8.07. The molecule has 1 amide bonds. The van der Waals surface area contributed by atoms with Crippen LogP contribution in [0.5, 0.6) is 0 Å². The molecule has 3 aromatic heterocycles. The Hall–Kier alpha value is -2.20. The lowest BCUT2D eigenvalue weighted by atomic mass is 9.72. The summed E-state index contributed by atoms with van der Waals surface area (Å²) in [6.07, 6.45) is 7.49. The van der Waals surface area contributed by atoms with Gasteiger partial charge in [-0.2, -0.15) is 0 Å². The molecule has 1 saturated carbocycles. The van der Waals surface area contributed by atoms with E-state index in [1.807, 2.05) is 18.7 Å². The number of nitrogens with one attached hydrogen (secondary N) is 2. The average molecular weight is 562 g/mol. The van der Waals surface area contributed by atoms with Crippen molar-refractivity contribution in [1.29, 1.82) is 0 Å². The Kier molecular flexibility index (Phi) is 6.46. The predicted octanol–water partition coefficient (Wildman–Crippen LogP) is 5.03. The van der Waals surface area contributed by atoms with E-state index in [4.69, 9.17) is 28.2 Å². The molecule has 1 aliphatic heterocycles. The zero-order valence-corrected chi connectivity index (χ0v) is 23.2. The molecule has 3 aromatic rings. The second-order valence-electron chi connectivity index (χ2n) is 10.8. The summed E-state index contributed by atoms with van der Waals surface area (Å²) in [4.78, 5) is 33.2. The number of anilines is 1. The summed E-state index contributed by atoms with van der Waals surface area (Å²) >= 11 is 14.8. The van der Waals surface area contributed by atoms with Crippen LogP contribution in [0.3, 0.4) is 0 Å². The lowest BCUT2D eigenvalue weighted by Crippen LogP contribution is -2.41. The van der Waals surface area contributed by atoms with E-state index in [9.17, 15) is 9.90 Å². The fourth-order valence-electron chi connectivity index (χ4n) is 6.48. The number of imidazole rings is 1. The van der Waals surface area contributed by atoms with E-state index in [0.29, 0.717) is 34.1 Å². The molecule has 2 fully saturated rings. The van der Waals surface area contributed by atoms with Crippen LogP contribution in [-0.4, -0.2) is 56.2 Å². The molecule has 1 saturated heterocycles. The monoisotopic (exact) mass is 560 g/mol. The minimum absolute atomic E-state index is 0.00717. The number of rotatable bonds is 6. The minimum atomic E-state index is -0.347. The number of carbonyl (C=O) groups is 1. The molecular formula is C26H30Cl2N6O2S. The van der Waals surface area contributed by atoms with E-state index in [2.05, 4.69) is 39.3 Å². The molecule has 6 rings (SSSR count). The number of carbonyl (C=O) groups excluding carboxylic acids is 1. The van der Waals surface area contributed by atoms with Gasteiger partial charge in [0.2, 0.25) is 5.91 Å². The minimum Gasteiger partial charge on any atom is -0.391 e. The maximum Gasteiger partial charge on any atom is 0.224 e. The number of allylic oxidation sites excluding steroid dienone is 2. The normalized spacial score (nSPS) is 27.6. The number of halogens is 2. The van der Waals surface area contributed by atoms with Crippen molar-refractivity contribution in [2.45, 2.75) is 51.7 Å². The first-order chi connectivity index (χ1) is 17.7. The first-order valence-electron chi connectivity index (χ1n) is 12.8. The summed E-state index contributed by atoms with van der Waals surface area (Å²) in [6, 6.07) is 0.0933. The first-order valence-corrected chi connectivity index (χ1v) is 14.4. The number of thiazole rings is 1. The van der Waals surface area contributed by atoms with Gasteiger partial charge in [0.15, 0.2) is 21.8 Å². The van der Waals surface area contributed by atoms with Crippen LogP contribution in [-0.2, 0) is 4.79 Å². The zero-order chi connectivity index (χ0) is 26.0. The van der Waals surface area contributed by atoms with Crippen molar-refractivity contribution in [2.75, 3.05) is 18.0 Å². The molecule has 0 aromatic carbocycles. The van der Waals surface area contributed by atoms with Crippen LogP contribution in [0.25, 0.3) is 21.9 Å². The fraction of sp³-hybridized carbons (Fsp3) is 0.538. The highest BCUT2D eigenvalue weighted by Crippen LogP contribution is 2.54. The molecule has 6 unspecified atom stereocenters. The van der Waals surface area contributed by atoms with Gasteiger partial charge in [0.25, 0.3) is 0 Å². The van der Waals surface area contributed by atoms with Crippen LogP contribution in [0.15, 0.2) is 18.3 Å². The van der Waals surface area contributed by atoms with E-state index < -0.39 is 0 Å². The number of H-pyrrole nitrogens is 1. The highest BCUT2D eigenvalue weighted by Gasteiger charge is 2.50. The second-order valence-corrected chi connectivity index (χ2v) is 12.6. The van der Waals surface area contributed by atoms with Crippen molar-refractivity contribution >= 4 is 56.7 Å². The van der Waals surface area contributed by atoms with Gasteiger partial charge >= 0.3 is 0 Å². The van der Waals surface area contributed by atoms with Crippen LogP contribution in [0, 0.1) is 23.7 Å². The molecule has 0 spiro atoms. The molecule has 37 heavy (non-hydrogen) atoms. The van der Waals surface area contributed by atoms with E-state index in [0.717, 1.165) is 40.5 Å². The van der Waals surface area contributed by atoms with Crippen molar-refractivity contribution in [2.24, 2.45) is 23.7 Å². The Morgan fingerprint density at radius 2 is 2.03 bits per heavy atom. The zero-order valence-electron chi connectivity index (χ0n) is 20.9. The summed E-state index contributed by atoms with van der Waals surface area (Å²) in [6.45, 7) is 7.44. The van der Waals surface area contributed by atoms with Gasteiger partial charge in [-0.15, -0.1) is 0 Å². The number of aromatic amines is 1. The number of hydrogen-bond donors (Lipinski definition) is 3. The molecule has 3 aliphatic rings. The van der Waals surface area contributed by atoms with Crippen molar-refractivity contribution in [3.8, 4) is 10.7 Å². The van der Waals surface area contributed by atoms with Crippen molar-refractivity contribution in [3.05, 3.63) is 34.1 Å². The van der Waals surface area contributed by atoms with Gasteiger partial charge in [-0.05, 0) is 50.4 Å². The van der Waals surface area contributed by atoms with Gasteiger partial charge in [-0.1, -0.05) is 53.6 Å². The van der Waals surface area contributed by atoms with Gasteiger partial charge in [-0.3, -0.25) is 4.79 Å². The number of amides is 1. The maximum absolute atomic E-state index is 13.2. The van der Waals surface area contributed by atoms with E-state index >= 15 is 0 Å². The van der Waals surface area contributed by atoms with Gasteiger partial charge in [-0.25, -0.2) is 15.0 Å². The number of pyridine rings is 1. The molecule has 6 atom stereocenters. The Bertz CT molecular complexity index is 1390. The molecule has 0 radical (unpaired) electrons. The van der Waals surface area contributed by atoms with E-state index in [1.54, 1.807) is 6.20 Å². The molecule has 2 aliphatic carbocycles. The standard InChI is InChI=1S/C26H30Cl2N6O2S/c1-11(2)30-25(36)19-14-5-4-13(8-14)17(19)12(3)18-16(27)9-29-23-20(18)31-24(33-23)21-22(28)32-26(37-21)34-7-6-15(35)10-34/h4-5,9,11-15,17,19,35H,6-8,10H2,1-3H3,(H,30,36)(H,29,31,33). The van der Waals surface area contributed by atoms with Gasteiger partial charge in [0.1, 0.15) is 4.88 Å². The Balaban J connectivity index is 1.37. The summed E-state index contributed by atoms with van der Waals surface area (Å²) in [5.74, 6) is 1.34. The Labute approximate surface area is 229 Å². The van der Waals surface area contributed by atoms with Gasteiger partial charge < -0.3 is 20.3 Å². The molecule has 196 valence electrons. The number of aliphatic hydroxyl groups is 1.